The molecule has 0 aliphatic heterocycles. The lowest BCUT2D eigenvalue weighted by Gasteiger charge is -2.31. The number of esters is 1. The van der Waals surface area contributed by atoms with Crippen LogP contribution in [-0.4, -0.2) is 43.0 Å². The normalized spacial score (nSPS) is 17.0. The number of pyridine rings is 1. The topological polar surface area (TPSA) is 141 Å². The van der Waals surface area contributed by atoms with E-state index in [-0.39, 0.29) is 18.1 Å². The molecule has 1 aliphatic rings. The molecule has 4 heterocycles. The fourth-order valence-electron chi connectivity index (χ4n) is 3.39. The first kappa shape index (κ1) is 21.9. The SMILES string of the molecule is Cc1cccc(-c2nccc(Nc3ccnc(Nc4csc(C(=O)O[C@H]5C[C@@H](N)C5)c4)n3)n2)n1. The van der Waals surface area contributed by atoms with Crippen LogP contribution in [0.2, 0.25) is 0 Å². The van der Waals surface area contributed by atoms with Gasteiger partial charge >= 0.3 is 5.97 Å². The van der Waals surface area contributed by atoms with Crippen LogP contribution in [0.3, 0.4) is 0 Å². The van der Waals surface area contributed by atoms with E-state index in [1.807, 2.05) is 30.5 Å². The van der Waals surface area contributed by atoms with Gasteiger partial charge in [-0.3, -0.25) is 0 Å². The summed E-state index contributed by atoms with van der Waals surface area (Å²) in [6.07, 6.45) is 4.63. The molecule has 0 aromatic carbocycles. The van der Waals surface area contributed by atoms with Gasteiger partial charge in [-0.05, 0) is 50.1 Å². The Morgan fingerprint density at radius 3 is 2.65 bits per heavy atom. The van der Waals surface area contributed by atoms with Crippen molar-refractivity contribution in [2.45, 2.75) is 31.9 Å². The number of hydrogen-bond acceptors (Lipinski definition) is 11. The van der Waals surface area contributed by atoms with Crippen molar-refractivity contribution >= 4 is 40.6 Å². The predicted octanol–water partition coefficient (Wildman–Crippen LogP) is 3.83. The van der Waals surface area contributed by atoms with Gasteiger partial charge < -0.3 is 21.1 Å². The maximum atomic E-state index is 12.3. The second-order valence-corrected chi connectivity index (χ2v) is 8.81. The Kier molecular flexibility index (Phi) is 6.11. The largest absolute Gasteiger partial charge is 0.458 e. The summed E-state index contributed by atoms with van der Waals surface area (Å²) in [7, 11) is 0. The first-order valence-corrected chi connectivity index (χ1v) is 11.6. The second kappa shape index (κ2) is 9.49. The van der Waals surface area contributed by atoms with Gasteiger partial charge in [0, 0.05) is 29.5 Å². The van der Waals surface area contributed by atoms with Crippen LogP contribution in [0, 0.1) is 6.92 Å². The van der Waals surface area contributed by atoms with E-state index in [1.54, 1.807) is 30.6 Å². The second-order valence-electron chi connectivity index (χ2n) is 7.90. The smallest absolute Gasteiger partial charge is 0.348 e. The number of aryl methyl sites for hydroxylation is 1. The lowest BCUT2D eigenvalue weighted by atomic mass is 9.90. The number of rotatable bonds is 7. The number of carbonyl (C=O) groups excluding carboxylic acids is 1. The quantitative estimate of drug-likeness (QED) is 0.338. The summed E-state index contributed by atoms with van der Waals surface area (Å²) in [5, 5.41) is 8.10. The summed E-state index contributed by atoms with van der Waals surface area (Å²) < 4.78 is 5.45. The molecule has 0 bridgehead atoms. The third-order valence-electron chi connectivity index (χ3n) is 5.15. The van der Waals surface area contributed by atoms with Crippen molar-refractivity contribution in [3.05, 3.63) is 64.7 Å². The van der Waals surface area contributed by atoms with Gasteiger partial charge in [0.25, 0.3) is 0 Å². The van der Waals surface area contributed by atoms with E-state index in [1.165, 1.54) is 11.3 Å². The molecule has 0 amide bonds. The zero-order chi connectivity index (χ0) is 23.5. The molecule has 1 aliphatic carbocycles. The van der Waals surface area contributed by atoms with E-state index >= 15 is 0 Å². The fourth-order valence-corrected chi connectivity index (χ4v) is 4.11. The molecule has 0 atom stereocenters. The molecule has 4 N–H and O–H groups in total. The lowest BCUT2D eigenvalue weighted by molar-refractivity contribution is 0.00375. The molecule has 5 rings (SSSR count). The van der Waals surface area contributed by atoms with Gasteiger partial charge in [0.1, 0.15) is 28.3 Å². The molecule has 34 heavy (non-hydrogen) atoms. The summed E-state index contributed by atoms with van der Waals surface area (Å²) in [5.41, 5.74) is 8.04. The highest BCUT2D eigenvalue weighted by atomic mass is 32.1. The fraction of sp³-hybridized carbons (Fsp3) is 0.217. The van der Waals surface area contributed by atoms with Gasteiger partial charge in [-0.25, -0.2) is 24.7 Å². The van der Waals surface area contributed by atoms with Crippen LogP contribution in [-0.2, 0) is 4.74 Å². The van der Waals surface area contributed by atoms with Crippen molar-refractivity contribution < 1.29 is 9.53 Å². The minimum atomic E-state index is -0.339. The standard InChI is InChI=1S/C23H22N8O2S/c1-13-3-2-4-17(27-13)21-25-7-5-19(30-21)29-20-6-8-26-23(31-20)28-15-11-18(34-12-15)22(32)33-16-9-14(24)10-16/h2-8,11-12,14,16H,9-10,24H2,1H3,(H2,25,26,28,29,30,31)/t14-,16+. The molecule has 0 spiro atoms. The van der Waals surface area contributed by atoms with Gasteiger partial charge in [0.2, 0.25) is 5.95 Å². The number of nitrogens with two attached hydrogens (primary N) is 1. The monoisotopic (exact) mass is 474 g/mol. The Morgan fingerprint density at radius 2 is 1.85 bits per heavy atom. The van der Waals surface area contributed by atoms with E-state index in [0.717, 1.165) is 5.69 Å². The molecule has 11 heteroatoms. The highest BCUT2D eigenvalue weighted by Crippen LogP contribution is 2.27. The molecule has 0 saturated heterocycles. The van der Waals surface area contributed by atoms with Crippen LogP contribution in [0.1, 0.15) is 28.2 Å². The van der Waals surface area contributed by atoms with E-state index in [9.17, 15) is 4.79 Å². The summed E-state index contributed by atoms with van der Waals surface area (Å²) in [4.78, 5) is 34.8. The Balaban J connectivity index is 1.24. The zero-order valence-corrected chi connectivity index (χ0v) is 19.1. The van der Waals surface area contributed by atoms with Gasteiger partial charge in [-0.2, -0.15) is 4.98 Å². The van der Waals surface area contributed by atoms with Gasteiger partial charge in [-0.1, -0.05) is 6.07 Å². The Morgan fingerprint density at radius 1 is 1.06 bits per heavy atom. The summed E-state index contributed by atoms with van der Waals surface area (Å²) in [6, 6.07) is 11.0. The van der Waals surface area contributed by atoms with Crippen molar-refractivity contribution in [3.63, 3.8) is 0 Å². The van der Waals surface area contributed by atoms with E-state index in [0.29, 0.717) is 52.5 Å². The lowest BCUT2D eigenvalue weighted by Crippen LogP contribution is -2.42. The van der Waals surface area contributed by atoms with Crippen LogP contribution < -0.4 is 16.4 Å². The number of anilines is 4. The van der Waals surface area contributed by atoms with Crippen LogP contribution in [0.15, 0.2) is 54.2 Å². The average molecular weight is 475 g/mol. The summed E-state index contributed by atoms with van der Waals surface area (Å²) >= 11 is 1.30. The summed E-state index contributed by atoms with van der Waals surface area (Å²) in [6.45, 7) is 1.92. The molecular formula is C23H22N8O2S. The molecule has 10 nitrogen and oxygen atoms in total. The Hall–Kier alpha value is -3.96. The Bertz CT molecular complexity index is 1320. The van der Waals surface area contributed by atoms with Crippen LogP contribution in [0.4, 0.5) is 23.3 Å². The third-order valence-corrected chi connectivity index (χ3v) is 6.06. The number of ether oxygens (including phenoxy) is 1. The van der Waals surface area contributed by atoms with Crippen molar-refractivity contribution in [1.82, 2.24) is 24.9 Å². The minimum Gasteiger partial charge on any atom is -0.458 e. The van der Waals surface area contributed by atoms with E-state index < -0.39 is 0 Å². The molecule has 1 saturated carbocycles. The van der Waals surface area contributed by atoms with E-state index in [2.05, 4.69) is 35.6 Å². The number of hydrogen-bond donors (Lipinski definition) is 3. The first-order valence-electron chi connectivity index (χ1n) is 10.7. The van der Waals surface area contributed by atoms with Crippen molar-refractivity contribution in [1.29, 1.82) is 0 Å². The molecule has 172 valence electrons. The molecular weight excluding hydrogens is 452 g/mol. The van der Waals surface area contributed by atoms with Crippen molar-refractivity contribution in [2.24, 2.45) is 5.73 Å². The highest BCUT2D eigenvalue weighted by Gasteiger charge is 2.30. The molecule has 4 aromatic heterocycles. The maximum Gasteiger partial charge on any atom is 0.348 e. The maximum absolute atomic E-state index is 12.3. The van der Waals surface area contributed by atoms with Crippen molar-refractivity contribution in [3.8, 4) is 11.5 Å². The number of carbonyl (C=O) groups is 1. The molecule has 0 unspecified atom stereocenters. The molecule has 4 aromatic rings. The summed E-state index contributed by atoms with van der Waals surface area (Å²) in [5.74, 6) is 1.68. The number of nitrogens with zero attached hydrogens (tertiary/aromatic N) is 5. The van der Waals surface area contributed by atoms with E-state index in [4.69, 9.17) is 10.5 Å². The van der Waals surface area contributed by atoms with Crippen LogP contribution in [0.25, 0.3) is 11.5 Å². The zero-order valence-electron chi connectivity index (χ0n) is 18.3. The first-order chi connectivity index (χ1) is 16.5. The number of thiophene rings is 1. The number of nitrogens with one attached hydrogen (secondary N) is 2. The van der Waals surface area contributed by atoms with Crippen LogP contribution >= 0.6 is 11.3 Å². The number of aromatic nitrogens is 5. The van der Waals surface area contributed by atoms with Gasteiger partial charge in [0.05, 0.1) is 5.69 Å². The van der Waals surface area contributed by atoms with Crippen LogP contribution in [0.5, 0.6) is 0 Å². The highest BCUT2D eigenvalue weighted by molar-refractivity contribution is 7.12. The Labute approximate surface area is 199 Å². The molecule has 1 fully saturated rings. The molecule has 0 radical (unpaired) electrons. The van der Waals surface area contributed by atoms with Gasteiger partial charge in [0.15, 0.2) is 5.82 Å². The third kappa shape index (κ3) is 5.16. The van der Waals surface area contributed by atoms with Crippen molar-refractivity contribution in [2.75, 3.05) is 10.6 Å². The average Bonchev–Trinajstić information content (AvgIpc) is 3.27. The predicted molar refractivity (Wildman–Crippen MR) is 129 cm³/mol. The van der Waals surface area contributed by atoms with Gasteiger partial charge in [-0.15, -0.1) is 11.3 Å². The minimum absolute atomic E-state index is 0.0869.